The second-order valence-electron chi connectivity index (χ2n) is 8.13. The molecule has 27 heavy (non-hydrogen) atoms. The van der Waals surface area contributed by atoms with Crippen LogP contribution in [0, 0.1) is 17.3 Å². The quantitative estimate of drug-likeness (QED) is 0.319. The summed E-state index contributed by atoms with van der Waals surface area (Å²) >= 11 is 0. The Hall–Kier alpha value is -1.30. The fraction of sp³-hybridized carbons (Fsp3) is 0.762. The van der Waals surface area contributed by atoms with E-state index in [1.54, 1.807) is 0 Å². The van der Waals surface area contributed by atoms with Gasteiger partial charge in [0, 0.05) is 0 Å². The largest absolute Gasteiger partial charge is 0.438 e. The number of carbonyl (C=O) groups excluding carboxylic acids is 1. The van der Waals surface area contributed by atoms with Gasteiger partial charge in [0.15, 0.2) is 18.0 Å². The fourth-order valence-corrected chi connectivity index (χ4v) is 4.96. The lowest BCUT2D eigenvalue weighted by molar-refractivity contribution is -0.198. The van der Waals surface area contributed by atoms with Crippen LogP contribution in [0.3, 0.4) is 0 Å². The summed E-state index contributed by atoms with van der Waals surface area (Å²) in [6, 6.07) is 0. The number of halogens is 3. The summed E-state index contributed by atoms with van der Waals surface area (Å²) in [6.45, 7) is 3.03. The lowest BCUT2D eigenvalue weighted by Gasteiger charge is -2.41. The minimum absolute atomic E-state index is 0.000756. The summed E-state index contributed by atoms with van der Waals surface area (Å²) in [7, 11) is 0. The minimum Gasteiger partial charge on any atom is -0.438 e. The Morgan fingerprint density at radius 2 is 1.81 bits per heavy atom. The molecule has 3 rings (SSSR count). The molecule has 2 fully saturated rings. The first-order valence-corrected chi connectivity index (χ1v) is 10.1. The molecule has 0 saturated heterocycles. The van der Waals surface area contributed by atoms with Gasteiger partial charge < -0.3 is 9.47 Å². The molecule has 0 aromatic heterocycles. The van der Waals surface area contributed by atoms with Gasteiger partial charge in [-0.2, -0.15) is 8.78 Å². The highest BCUT2D eigenvalue weighted by atomic mass is 19.3. The van der Waals surface area contributed by atoms with Crippen LogP contribution in [0.5, 0.6) is 0 Å². The molecular formula is C21H29F3O3. The van der Waals surface area contributed by atoms with E-state index in [-0.39, 0.29) is 19.3 Å². The number of alkyl halides is 2. The van der Waals surface area contributed by atoms with Crippen molar-refractivity contribution in [1.82, 2.24) is 0 Å². The highest BCUT2D eigenvalue weighted by Crippen LogP contribution is 2.56. The van der Waals surface area contributed by atoms with Crippen LogP contribution in [0.2, 0.25) is 0 Å². The number of carbonyl (C=O) groups is 1. The lowest BCUT2D eigenvalue weighted by Crippen LogP contribution is -2.54. The van der Waals surface area contributed by atoms with Gasteiger partial charge in [-0.15, -0.1) is 6.58 Å². The Kier molecular flexibility index (Phi) is 6.34. The van der Waals surface area contributed by atoms with E-state index >= 15 is 0 Å². The van der Waals surface area contributed by atoms with Gasteiger partial charge in [-0.3, -0.25) is 4.79 Å². The lowest BCUT2D eigenvalue weighted by atomic mass is 9.69. The van der Waals surface area contributed by atoms with Gasteiger partial charge in [-0.1, -0.05) is 51.0 Å². The normalized spacial score (nSPS) is 33.7. The number of hydrogen-bond donors (Lipinski definition) is 0. The van der Waals surface area contributed by atoms with Crippen molar-refractivity contribution in [2.75, 3.05) is 6.79 Å². The first-order chi connectivity index (χ1) is 12.9. The van der Waals surface area contributed by atoms with Gasteiger partial charge in [-0.05, 0) is 37.2 Å². The highest BCUT2D eigenvalue weighted by molar-refractivity contribution is 5.84. The molecular weight excluding hydrogens is 357 g/mol. The Bertz CT molecular complexity index is 583. The fourth-order valence-electron chi connectivity index (χ4n) is 4.96. The van der Waals surface area contributed by atoms with Crippen LogP contribution in [0.1, 0.15) is 64.2 Å². The van der Waals surface area contributed by atoms with E-state index < -0.39 is 23.1 Å². The molecule has 3 aliphatic carbocycles. The second kappa shape index (κ2) is 8.38. The molecule has 3 unspecified atom stereocenters. The van der Waals surface area contributed by atoms with Crippen LogP contribution in [0.15, 0.2) is 24.6 Å². The molecule has 3 nitrogen and oxygen atoms in total. The van der Waals surface area contributed by atoms with Gasteiger partial charge in [-0.25, -0.2) is 4.39 Å². The summed E-state index contributed by atoms with van der Waals surface area (Å²) in [6.07, 6.45) is 11.9. The zero-order chi connectivity index (χ0) is 19.5. The van der Waals surface area contributed by atoms with Crippen LogP contribution < -0.4 is 0 Å². The van der Waals surface area contributed by atoms with Gasteiger partial charge in [0.05, 0.1) is 6.10 Å². The van der Waals surface area contributed by atoms with E-state index in [0.29, 0.717) is 17.9 Å². The van der Waals surface area contributed by atoms with E-state index in [2.05, 4.69) is 6.58 Å². The van der Waals surface area contributed by atoms with Crippen molar-refractivity contribution in [3.8, 4) is 0 Å². The standard InChI is InChI=1S/C21H29F3O3/c1-2-12-20(13-18(22)21(20,23)24)19(25)27-14-26-17-11-7-6-10-16(17)15-8-4-3-5-9-15/h2,13,15-17H,1,3-12,14H2. The maximum atomic E-state index is 13.9. The number of esters is 1. The summed E-state index contributed by atoms with van der Waals surface area (Å²) in [4.78, 5) is 12.3. The van der Waals surface area contributed by atoms with Crippen molar-refractivity contribution in [1.29, 1.82) is 0 Å². The van der Waals surface area contributed by atoms with Crippen LogP contribution in [-0.4, -0.2) is 24.8 Å². The average molecular weight is 386 g/mol. The predicted molar refractivity (Wildman–Crippen MR) is 95.8 cm³/mol. The van der Waals surface area contributed by atoms with Crippen LogP contribution >= 0.6 is 0 Å². The molecule has 0 amide bonds. The second-order valence-corrected chi connectivity index (χ2v) is 8.13. The smallest absolute Gasteiger partial charge is 0.325 e. The first-order valence-electron chi connectivity index (χ1n) is 10.1. The van der Waals surface area contributed by atoms with Crippen LogP contribution in [0.4, 0.5) is 13.2 Å². The minimum atomic E-state index is -3.85. The molecule has 6 heteroatoms. The molecule has 152 valence electrons. The third-order valence-corrected chi connectivity index (χ3v) is 6.55. The third kappa shape index (κ3) is 3.82. The molecule has 0 heterocycles. The molecule has 3 aliphatic rings. The summed E-state index contributed by atoms with van der Waals surface area (Å²) in [5.74, 6) is -5.51. The number of ether oxygens (including phenoxy) is 2. The van der Waals surface area contributed by atoms with Gasteiger partial charge in [0.2, 0.25) is 0 Å². The molecule has 0 spiro atoms. The van der Waals surface area contributed by atoms with Crippen LogP contribution in [-0.2, 0) is 14.3 Å². The Morgan fingerprint density at radius 3 is 2.44 bits per heavy atom. The number of hydrogen-bond acceptors (Lipinski definition) is 3. The van der Waals surface area contributed by atoms with Crippen molar-refractivity contribution in [3.63, 3.8) is 0 Å². The topological polar surface area (TPSA) is 35.5 Å². The van der Waals surface area contributed by atoms with E-state index in [1.165, 1.54) is 44.6 Å². The summed E-state index contributed by atoms with van der Waals surface area (Å²) in [5, 5.41) is 0. The molecule has 3 atom stereocenters. The van der Waals surface area contributed by atoms with Crippen molar-refractivity contribution < 1.29 is 27.4 Å². The SMILES string of the molecule is C=CCC1(C(=O)OCOC2CCCCC2C2CCCCC2)C=C(F)C1(F)F. The van der Waals surface area contributed by atoms with Gasteiger partial charge >= 0.3 is 11.9 Å². The molecule has 2 saturated carbocycles. The van der Waals surface area contributed by atoms with Crippen LogP contribution in [0.25, 0.3) is 0 Å². The van der Waals surface area contributed by atoms with Crippen molar-refractivity contribution in [2.45, 2.75) is 76.2 Å². The molecule has 0 aromatic carbocycles. The molecule has 0 aromatic rings. The van der Waals surface area contributed by atoms with Crippen molar-refractivity contribution >= 4 is 5.97 Å². The van der Waals surface area contributed by atoms with E-state index in [0.717, 1.165) is 19.3 Å². The molecule has 0 radical (unpaired) electrons. The van der Waals surface area contributed by atoms with E-state index in [4.69, 9.17) is 9.47 Å². The first kappa shape index (κ1) is 20.4. The van der Waals surface area contributed by atoms with E-state index in [9.17, 15) is 18.0 Å². The van der Waals surface area contributed by atoms with Gasteiger partial charge in [0.1, 0.15) is 0 Å². The third-order valence-electron chi connectivity index (χ3n) is 6.55. The van der Waals surface area contributed by atoms with Crippen molar-refractivity contribution in [2.24, 2.45) is 17.3 Å². The highest BCUT2D eigenvalue weighted by Gasteiger charge is 2.68. The average Bonchev–Trinajstić information content (AvgIpc) is 2.68. The Balaban J connectivity index is 1.56. The maximum Gasteiger partial charge on any atom is 0.325 e. The number of rotatable bonds is 7. The molecule has 0 aliphatic heterocycles. The number of allylic oxidation sites excluding steroid dienone is 2. The summed E-state index contributed by atoms with van der Waals surface area (Å²) in [5.41, 5.74) is -2.29. The zero-order valence-electron chi connectivity index (χ0n) is 15.7. The van der Waals surface area contributed by atoms with Crippen molar-refractivity contribution in [3.05, 3.63) is 24.6 Å². The molecule has 0 bridgehead atoms. The van der Waals surface area contributed by atoms with E-state index in [1.807, 2.05) is 0 Å². The zero-order valence-corrected chi connectivity index (χ0v) is 15.7. The Labute approximate surface area is 159 Å². The maximum absolute atomic E-state index is 13.9. The molecule has 0 N–H and O–H groups in total. The monoisotopic (exact) mass is 386 g/mol. The Morgan fingerprint density at radius 1 is 1.15 bits per heavy atom. The predicted octanol–water partition coefficient (Wildman–Crippen LogP) is 5.71. The van der Waals surface area contributed by atoms with Gasteiger partial charge in [0.25, 0.3) is 0 Å². The summed E-state index contributed by atoms with van der Waals surface area (Å²) < 4.78 is 51.9.